The summed E-state index contributed by atoms with van der Waals surface area (Å²) in [6.45, 7) is 6.67. The summed E-state index contributed by atoms with van der Waals surface area (Å²) in [6.07, 6.45) is 34.4. The smallest absolute Gasteiger partial charge is 0.305 e. The van der Waals surface area contributed by atoms with E-state index < -0.39 is 6.10 Å². The van der Waals surface area contributed by atoms with Gasteiger partial charge < -0.3 is 14.6 Å². The van der Waals surface area contributed by atoms with Gasteiger partial charge in [0.2, 0.25) is 0 Å². The van der Waals surface area contributed by atoms with Gasteiger partial charge in [0, 0.05) is 12.8 Å². The van der Waals surface area contributed by atoms with E-state index in [2.05, 4.69) is 20.8 Å². The molecule has 0 aromatic heterocycles. The standard InChI is InChI=1S/C38H74O5/c1-4-5-6-7-8-9-10-16-19-22-25-28-31-37(40)42-33-36(39)34-43-38(41)32-29-26-23-20-17-14-12-11-13-15-18-21-24-27-30-35(2)3/h35-36,39H,4-34H2,1-3H3/t36-/m1/s1. The molecular weight excluding hydrogens is 536 g/mol. The van der Waals surface area contributed by atoms with Crippen LogP contribution < -0.4 is 0 Å². The topological polar surface area (TPSA) is 72.8 Å². The molecule has 0 radical (unpaired) electrons. The van der Waals surface area contributed by atoms with Crippen LogP contribution in [-0.2, 0) is 19.1 Å². The summed E-state index contributed by atoms with van der Waals surface area (Å²) in [5.41, 5.74) is 0. The van der Waals surface area contributed by atoms with Crippen LogP contribution in [0.2, 0.25) is 0 Å². The highest BCUT2D eigenvalue weighted by atomic mass is 16.6. The number of unbranched alkanes of at least 4 members (excludes halogenated alkanes) is 24. The predicted molar refractivity (Wildman–Crippen MR) is 182 cm³/mol. The van der Waals surface area contributed by atoms with Crippen molar-refractivity contribution in [2.75, 3.05) is 13.2 Å². The fraction of sp³-hybridized carbons (Fsp3) is 0.947. The van der Waals surface area contributed by atoms with E-state index >= 15 is 0 Å². The van der Waals surface area contributed by atoms with Crippen molar-refractivity contribution < 1.29 is 24.2 Å². The van der Waals surface area contributed by atoms with E-state index in [1.807, 2.05) is 0 Å². The molecule has 0 amide bonds. The summed E-state index contributed by atoms with van der Waals surface area (Å²) in [5, 5.41) is 9.99. The Kier molecular flexibility index (Phi) is 32.9. The first-order chi connectivity index (χ1) is 21.0. The van der Waals surface area contributed by atoms with Gasteiger partial charge in [-0.2, -0.15) is 0 Å². The first-order valence-electron chi connectivity index (χ1n) is 18.9. The molecule has 0 spiro atoms. The highest BCUT2D eigenvalue weighted by Gasteiger charge is 2.12. The summed E-state index contributed by atoms with van der Waals surface area (Å²) in [5.74, 6) is 0.299. The molecule has 1 N–H and O–H groups in total. The molecule has 0 bridgehead atoms. The molecule has 0 aliphatic heterocycles. The second-order valence-electron chi connectivity index (χ2n) is 13.5. The molecule has 256 valence electrons. The molecule has 5 heteroatoms. The maximum atomic E-state index is 11.9. The van der Waals surface area contributed by atoms with Crippen molar-refractivity contribution in [1.29, 1.82) is 0 Å². The fourth-order valence-electron chi connectivity index (χ4n) is 5.62. The Bertz CT molecular complexity index is 591. The molecule has 5 nitrogen and oxygen atoms in total. The van der Waals surface area contributed by atoms with Crippen molar-refractivity contribution in [2.45, 2.75) is 213 Å². The summed E-state index contributed by atoms with van der Waals surface area (Å²) >= 11 is 0. The van der Waals surface area contributed by atoms with Gasteiger partial charge in [-0.25, -0.2) is 0 Å². The lowest BCUT2D eigenvalue weighted by atomic mass is 10.0. The first-order valence-corrected chi connectivity index (χ1v) is 18.9. The molecule has 0 aliphatic rings. The minimum atomic E-state index is -0.954. The number of hydrogen-bond acceptors (Lipinski definition) is 5. The van der Waals surface area contributed by atoms with Gasteiger partial charge >= 0.3 is 11.9 Å². The van der Waals surface area contributed by atoms with E-state index in [9.17, 15) is 14.7 Å². The van der Waals surface area contributed by atoms with Crippen molar-refractivity contribution in [2.24, 2.45) is 5.92 Å². The van der Waals surface area contributed by atoms with Gasteiger partial charge in [0.15, 0.2) is 0 Å². The van der Waals surface area contributed by atoms with Crippen LogP contribution in [0.15, 0.2) is 0 Å². The average molecular weight is 611 g/mol. The zero-order chi connectivity index (χ0) is 31.6. The SMILES string of the molecule is CCCCCCCCCCCCCCC(=O)OC[C@@H](O)COC(=O)CCCCCCCCCCCCCCCCC(C)C. The Morgan fingerprint density at radius 1 is 0.465 bits per heavy atom. The number of aliphatic hydroxyl groups excluding tert-OH is 1. The first kappa shape index (κ1) is 41.9. The second kappa shape index (κ2) is 33.8. The van der Waals surface area contributed by atoms with E-state index in [0.717, 1.165) is 31.6 Å². The Hall–Kier alpha value is -1.10. The number of ether oxygens (including phenoxy) is 2. The van der Waals surface area contributed by atoms with Gasteiger partial charge in [0.05, 0.1) is 0 Å². The number of hydrogen-bond donors (Lipinski definition) is 1. The van der Waals surface area contributed by atoms with Crippen LogP contribution in [0.1, 0.15) is 207 Å². The van der Waals surface area contributed by atoms with Crippen molar-refractivity contribution in [1.82, 2.24) is 0 Å². The van der Waals surface area contributed by atoms with Gasteiger partial charge in [0.25, 0.3) is 0 Å². The van der Waals surface area contributed by atoms with Gasteiger partial charge in [-0.05, 0) is 18.8 Å². The average Bonchev–Trinajstić information content (AvgIpc) is 2.99. The lowest BCUT2D eigenvalue weighted by Crippen LogP contribution is -2.25. The third-order valence-electron chi connectivity index (χ3n) is 8.52. The Morgan fingerprint density at radius 3 is 1.05 bits per heavy atom. The Balaban J connectivity index is 3.38. The molecule has 0 rings (SSSR count). The third-order valence-corrected chi connectivity index (χ3v) is 8.52. The molecule has 0 aromatic rings. The highest BCUT2D eigenvalue weighted by Crippen LogP contribution is 2.15. The van der Waals surface area contributed by atoms with E-state index in [1.54, 1.807) is 0 Å². The van der Waals surface area contributed by atoms with Crippen LogP contribution in [0, 0.1) is 5.92 Å². The molecular formula is C38H74O5. The van der Waals surface area contributed by atoms with Crippen LogP contribution in [0.25, 0.3) is 0 Å². The summed E-state index contributed by atoms with van der Waals surface area (Å²) in [4.78, 5) is 23.9. The number of carbonyl (C=O) groups is 2. The van der Waals surface area contributed by atoms with E-state index in [1.165, 1.54) is 148 Å². The Morgan fingerprint density at radius 2 is 0.744 bits per heavy atom. The van der Waals surface area contributed by atoms with Crippen molar-refractivity contribution >= 4 is 11.9 Å². The minimum Gasteiger partial charge on any atom is -0.463 e. The monoisotopic (exact) mass is 611 g/mol. The van der Waals surface area contributed by atoms with E-state index in [0.29, 0.717) is 12.8 Å². The second-order valence-corrected chi connectivity index (χ2v) is 13.5. The normalized spacial score (nSPS) is 12.1. The summed E-state index contributed by atoms with van der Waals surface area (Å²) in [6, 6.07) is 0. The molecule has 0 fully saturated rings. The highest BCUT2D eigenvalue weighted by molar-refractivity contribution is 5.69. The molecule has 1 atom stereocenters. The van der Waals surface area contributed by atoms with Gasteiger partial charge in [-0.1, -0.05) is 181 Å². The summed E-state index contributed by atoms with van der Waals surface area (Å²) < 4.78 is 10.3. The quantitative estimate of drug-likeness (QED) is 0.0579. The molecule has 43 heavy (non-hydrogen) atoms. The predicted octanol–water partition coefficient (Wildman–Crippen LogP) is 11.4. The molecule has 0 aliphatic carbocycles. The Labute approximate surface area is 268 Å². The summed E-state index contributed by atoms with van der Waals surface area (Å²) in [7, 11) is 0. The zero-order valence-electron chi connectivity index (χ0n) is 29.2. The van der Waals surface area contributed by atoms with Gasteiger partial charge in [0.1, 0.15) is 19.3 Å². The zero-order valence-corrected chi connectivity index (χ0v) is 29.2. The van der Waals surface area contributed by atoms with Crippen LogP contribution in [0.3, 0.4) is 0 Å². The largest absolute Gasteiger partial charge is 0.463 e. The minimum absolute atomic E-state index is 0.108. The van der Waals surface area contributed by atoms with Crippen molar-refractivity contribution in [3.05, 3.63) is 0 Å². The number of aliphatic hydroxyl groups is 1. The molecule has 0 heterocycles. The maximum Gasteiger partial charge on any atom is 0.305 e. The van der Waals surface area contributed by atoms with Crippen LogP contribution in [0.4, 0.5) is 0 Å². The fourth-order valence-corrected chi connectivity index (χ4v) is 5.62. The van der Waals surface area contributed by atoms with Gasteiger partial charge in [-0.15, -0.1) is 0 Å². The van der Waals surface area contributed by atoms with Gasteiger partial charge in [-0.3, -0.25) is 9.59 Å². The van der Waals surface area contributed by atoms with Crippen LogP contribution in [-0.4, -0.2) is 36.4 Å². The number of rotatable bonds is 34. The molecule has 0 saturated heterocycles. The van der Waals surface area contributed by atoms with Crippen molar-refractivity contribution in [3.8, 4) is 0 Å². The van der Waals surface area contributed by atoms with Crippen LogP contribution in [0.5, 0.6) is 0 Å². The number of carbonyl (C=O) groups excluding carboxylic acids is 2. The van der Waals surface area contributed by atoms with Crippen LogP contribution >= 0.6 is 0 Å². The molecule has 0 aromatic carbocycles. The third kappa shape index (κ3) is 35.3. The van der Waals surface area contributed by atoms with E-state index in [-0.39, 0.29) is 25.2 Å². The van der Waals surface area contributed by atoms with E-state index in [4.69, 9.17) is 9.47 Å². The molecule has 0 saturated carbocycles. The maximum absolute atomic E-state index is 11.9. The van der Waals surface area contributed by atoms with Crippen molar-refractivity contribution in [3.63, 3.8) is 0 Å². The lowest BCUT2D eigenvalue weighted by Gasteiger charge is -2.12. The molecule has 0 unspecified atom stereocenters. The lowest BCUT2D eigenvalue weighted by molar-refractivity contribution is -0.152. The number of esters is 2.